The summed E-state index contributed by atoms with van der Waals surface area (Å²) in [7, 11) is 0. The molecule has 0 saturated heterocycles. The Labute approximate surface area is 141 Å². The van der Waals surface area contributed by atoms with Crippen molar-refractivity contribution in [2.24, 2.45) is 10.1 Å². The van der Waals surface area contributed by atoms with Gasteiger partial charge in [-0.05, 0) is 17.7 Å². The molecular formula is C16H13FN4O2S. The number of non-ortho nitro benzene ring substituents is 1. The van der Waals surface area contributed by atoms with Crippen molar-refractivity contribution in [3.8, 4) is 0 Å². The molecule has 0 aromatic heterocycles. The number of benzene rings is 2. The smallest absolute Gasteiger partial charge is 0.258 e. The minimum Gasteiger partial charge on any atom is -0.258 e. The summed E-state index contributed by atoms with van der Waals surface area (Å²) in [5, 5.41) is 15.7. The van der Waals surface area contributed by atoms with E-state index in [2.05, 4.69) is 15.5 Å². The third-order valence-electron chi connectivity index (χ3n) is 3.34. The number of nitro benzene ring substituents is 1. The van der Waals surface area contributed by atoms with Crippen LogP contribution in [0.15, 0.2) is 58.6 Å². The molecule has 0 saturated carbocycles. The van der Waals surface area contributed by atoms with Gasteiger partial charge in [0.05, 0.1) is 17.2 Å². The van der Waals surface area contributed by atoms with Crippen LogP contribution in [0.25, 0.3) is 0 Å². The van der Waals surface area contributed by atoms with E-state index in [1.807, 2.05) is 0 Å². The number of aliphatic imine (C=N–C) groups is 1. The van der Waals surface area contributed by atoms with Gasteiger partial charge in [-0.25, -0.2) is 4.39 Å². The van der Waals surface area contributed by atoms with E-state index in [0.717, 1.165) is 11.3 Å². The van der Waals surface area contributed by atoms with E-state index in [1.54, 1.807) is 24.3 Å². The third-order valence-corrected chi connectivity index (χ3v) is 4.25. The molecule has 0 unspecified atom stereocenters. The molecule has 0 bridgehead atoms. The first kappa shape index (κ1) is 16.1. The lowest BCUT2D eigenvalue weighted by Gasteiger charge is -2.14. The van der Waals surface area contributed by atoms with Gasteiger partial charge >= 0.3 is 0 Å². The van der Waals surface area contributed by atoms with Crippen molar-refractivity contribution in [1.82, 2.24) is 5.43 Å². The maximum atomic E-state index is 12.9. The number of nitrogens with zero attached hydrogens (tertiary/aromatic N) is 3. The fourth-order valence-electron chi connectivity index (χ4n) is 2.10. The van der Waals surface area contributed by atoms with Gasteiger partial charge in [-0.1, -0.05) is 36.0 Å². The number of hydrogen-bond donors (Lipinski definition) is 1. The molecule has 1 heterocycles. The number of hydrazone groups is 1. The average Bonchev–Trinajstić information content (AvgIpc) is 2.62. The van der Waals surface area contributed by atoms with E-state index in [1.165, 1.54) is 36.0 Å². The molecular weight excluding hydrogens is 331 g/mol. The Morgan fingerprint density at radius 3 is 2.75 bits per heavy atom. The highest BCUT2D eigenvalue weighted by atomic mass is 32.2. The Hall–Kier alpha value is -2.74. The van der Waals surface area contributed by atoms with Crippen molar-refractivity contribution in [2.45, 2.75) is 6.54 Å². The topological polar surface area (TPSA) is 79.9 Å². The quantitative estimate of drug-likeness (QED) is 0.681. The molecule has 1 aliphatic heterocycles. The van der Waals surface area contributed by atoms with Gasteiger partial charge in [-0.2, -0.15) is 5.10 Å². The summed E-state index contributed by atoms with van der Waals surface area (Å²) in [5.41, 5.74) is 5.23. The fraction of sp³-hybridized carbons (Fsp3) is 0.125. The fourth-order valence-corrected chi connectivity index (χ4v) is 2.87. The predicted octanol–water partition coefficient (Wildman–Crippen LogP) is 3.33. The van der Waals surface area contributed by atoms with Crippen molar-refractivity contribution < 1.29 is 9.31 Å². The normalized spacial score (nSPS) is 15.7. The monoisotopic (exact) mass is 344 g/mol. The van der Waals surface area contributed by atoms with Crippen molar-refractivity contribution in [2.75, 3.05) is 5.75 Å². The summed E-state index contributed by atoms with van der Waals surface area (Å²) in [4.78, 5) is 14.8. The van der Waals surface area contributed by atoms with Crippen LogP contribution in [-0.2, 0) is 6.54 Å². The number of nitrogens with one attached hydrogen (secondary N) is 1. The molecule has 6 nitrogen and oxygen atoms in total. The average molecular weight is 344 g/mol. The van der Waals surface area contributed by atoms with Crippen LogP contribution in [0.3, 0.4) is 0 Å². The maximum Gasteiger partial charge on any atom is 0.270 e. The van der Waals surface area contributed by atoms with Crippen molar-refractivity contribution in [1.29, 1.82) is 0 Å². The van der Waals surface area contributed by atoms with Crippen LogP contribution < -0.4 is 5.43 Å². The molecule has 0 aliphatic carbocycles. The molecule has 1 aliphatic rings. The molecule has 0 amide bonds. The number of halogens is 1. The first-order chi connectivity index (χ1) is 11.6. The second-order valence-electron chi connectivity index (χ2n) is 5.01. The largest absolute Gasteiger partial charge is 0.270 e. The second kappa shape index (κ2) is 7.22. The second-order valence-corrected chi connectivity index (χ2v) is 5.98. The molecule has 24 heavy (non-hydrogen) atoms. The lowest BCUT2D eigenvalue weighted by Crippen LogP contribution is -2.25. The minimum atomic E-state index is -0.428. The van der Waals surface area contributed by atoms with E-state index in [-0.39, 0.29) is 11.5 Å². The molecule has 0 fully saturated rings. The van der Waals surface area contributed by atoms with Crippen LogP contribution in [0.5, 0.6) is 0 Å². The van der Waals surface area contributed by atoms with Gasteiger partial charge in [0.1, 0.15) is 5.82 Å². The van der Waals surface area contributed by atoms with E-state index in [9.17, 15) is 14.5 Å². The molecule has 3 rings (SSSR count). The highest BCUT2D eigenvalue weighted by molar-refractivity contribution is 8.14. The summed E-state index contributed by atoms with van der Waals surface area (Å²) in [5.74, 6) is 0.291. The maximum absolute atomic E-state index is 12.9. The van der Waals surface area contributed by atoms with Gasteiger partial charge in [-0.15, -0.1) is 0 Å². The lowest BCUT2D eigenvalue weighted by molar-refractivity contribution is -0.384. The zero-order chi connectivity index (χ0) is 16.9. The summed E-state index contributed by atoms with van der Waals surface area (Å²) in [6.07, 6.45) is 0. The van der Waals surface area contributed by atoms with Gasteiger partial charge in [-0.3, -0.25) is 20.5 Å². The summed E-state index contributed by atoms with van der Waals surface area (Å²) >= 11 is 1.47. The summed E-state index contributed by atoms with van der Waals surface area (Å²) in [6, 6.07) is 12.5. The molecule has 1 N–H and O–H groups in total. The summed E-state index contributed by atoms with van der Waals surface area (Å²) < 4.78 is 12.9. The number of rotatable bonds is 4. The SMILES string of the molecule is O=[N+]([O-])c1cccc(C2=NNC(=NCc3ccc(F)cc3)SC2)c1. The molecule has 2 aromatic rings. The minimum absolute atomic E-state index is 0.0379. The van der Waals surface area contributed by atoms with Crippen LogP contribution in [0.1, 0.15) is 11.1 Å². The van der Waals surface area contributed by atoms with Crippen LogP contribution in [0.4, 0.5) is 10.1 Å². The van der Waals surface area contributed by atoms with Crippen molar-refractivity contribution in [3.63, 3.8) is 0 Å². The van der Waals surface area contributed by atoms with Gasteiger partial charge in [0.25, 0.3) is 5.69 Å². The predicted molar refractivity (Wildman–Crippen MR) is 92.8 cm³/mol. The highest BCUT2D eigenvalue weighted by Gasteiger charge is 2.15. The van der Waals surface area contributed by atoms with Gasteiger partial charge in [0.15, 0.2) is 5.17 Å². The van der Waals surface area contributed by atoms with Crippen LogP contribution in [0, 0.1) is 15.9 Å². The Morgan fingerprint density at radius 1 is 1.29 bits per heavy atom. The first-order valence-corrected chi connectivity index (χ1v) is 8.09. The van der Waals surface area contributed by atoms with Gasteiger partial charge in [0.2, 0.25) is 0 Å². The number of nitro groups is 1. The number of amidine groups is 1. The molecule has 0 atom stereocenters. The standard InChI is InChI=1S/C16H13FN4O2S/c17-13-6-4-11(5-7-13)9-18-16-20-19-15(10-24-16)12-2-1-3-14(8-12)21(22)23/h1-8H,9-10H2,(H,18,20). The van der Waals surface area contributed by atoms with Crippen LogP contribution in [-0.4, -0.2) is 21.6 Å². The molecule has 2 aromatic carbocycles. The molecule has 8 heteroatoms. The highest BCUT2D eigenvalue weighted by Crippen LogP contribution is 2.18. The van der Waals surface area contributed by atoms with E-state index in [4.69, 9.17) is 0 Å². The lowest BCUT2D eigenvalue weighted by atomic mass is 10.1. The molecule has 122 valence electrons. The zero-order valence-electron chi connectivity index (χ0n) is 12.5. The Balaban J connectivity index is 1.67. The van der Waals surface area contributed by atoms with Gasteiger partial charge in [0, 0.05) is 23.4 Å². The summed E-state index contributed by atoms with van der Waals surface area (Å²) in [6.45, 7) is 0.428. The van der Waals surface area contributed by atoms with Crippen LogP contribution >= 0.6 is 11.8 Å². The van der Waals surface area contributed by atoms with Gasteiger partial charge < -0.3 is 0 Å². The number of thioether (sulfide) groups is 1. The van der Waals surface area contributed by atoms with Crippen molar-refractivity contribution >= 4 is 28.3 Å². The third kappa shape index (κ3) is 3.96. The zero-order valence-corrected chi connectivity index (χ0v) is 13.3. The van der Waals surface area contributed by atoms with E-state index >= 15 is 0 Å². The van der Waals surface area contributed by atoms with E-state index < -0.39 is 4.92 Å². The molecule has 0 radical (unpaired) electrons. The Bertz CT molecular complexity index is 821. The van der Waals surface area contributed by atoms with E-state index in [0.29, 0.717) is 23.0 Å². The van der Waals surface area contributed by atoms with Crippen molar-refractivity contribution in [3.05, 3.63) is 75.6 Å². The molecule has 0 spiro atoms. The number of hydrogen-bond acceptors (Lipinski definition) is 5. The Kier molecular flexibility index (Phi) is 4.85. The van der Waals surface area contributed by atoms with Crippen LogP contribution in [0.2, 0.25) is 0 Å². The first-order valence-electron chi connectivity index (χ1n) is 7.11. The Morgan fingerprint density at radius 2 is 2.08 bits per heavy atom.